The third-order valence-electron chi connectivity index (χ3n) is 2.56. The predicted molar refractivity (Wildman–Crippen MR) is 68.2 cm³/mol. The lowest BCUT2D eigenvalue weighted by Crippen LogP contribution is -1.96. The number of halogens is 3. The van der Waals surface area contributed by atoms with Crippen LogP contribution in [-0.2, 0) is 6.42 Å². The molecule has 0 aliphatic rings. The second-order valence-electron chi connectivity index (χ2n) is 3.83. The van der Waals surface area contributed by atoms with Gasteiger partial charge in [0.15, 0.2) is 11.6 Å². The Kier molecular flexibility index (Phi) is 3.89. The number of hydrogen-bond acceptors (Lipinski definition) is 0. The fourth-order valence-electron chi connectivity index (χ4n) is 1.65. The zero-order chi connectivity index (χ0) is 12.3. The first-order chi connectivity index (χ1) is 8.16. The molecule has 0 heterocycles. The van der Waals surface area contributed by atoms with E-state index in [9.17, 15) is 8.78 Å². The fourth-order valence-corrected chi connectivity index (χ4v) is 2.33. The molecule has 0 N–H and O–H groups in total. The van der Waals surface area contributed by atoms with Gasteiger partial charge in [-0.3, -0.25) is 0 Å². The first kappa shape index (κ1) is 12.2. The normalized spacial score (nSPS) is 12.4. The SMILES string of the molecule is Fc1ccc(CC(Br)c2ccccc2)cc1F. The molecule has 0 radical (unpaired) electrons. The van der Waals surface area contributed by atoms with Gasteiger partial charge < -0.3 is 0 Å². The third kappa shape index (κ3) is 3.13. The molecule has 2 rings (SSSR count). The van der Waals surface area contributed by atoms with Crippen molar-refractivity contribution < 1.29 is 8.78 Å². The highest BCUT2D eigenvalue weighted by Crippen LogP contribution is 2.27. The van der Waals surface area contributed by atoms with Gasteiger partial charge >= 0.3 is 0 Å². The molecule has 0 nitrogen and oxygen atoms in total. The summed E-state index contributed by atoms with van der Waals surface area (Å²) in [6.45, 7) is 0. The van der Waals surface area contributed by atoms with Crippen molar-refractivity contribution in [2.45, 2.75) is 11.2 Å². The summed E-state index contributed by atoms with van der Waals surface area (Å²) in [5, 5.41) is 0. The number of alkyl halides is 1. The summed E-state index contributed by atoms with van der Waals surface area (Å²) in [4.78, 5) is 0.105. The number of benzene rings is 2. The van der Waals surface area contributed by atoms with Crippen molar-refractivity contribution in [3.8, 4) is 0 Å². The van der Waals surface area contributed by atoms with Crippen LogP contribution in [0.25, 0.3) is 0 Å². The number of rotatable bonds is 3. The van der Waals surface area contributed by atoms with Crippen molar-refractivity contribution in [2.24, 2.45) is 0 Å². The molecule has 0 aliphatic carbocycles. The Morgan fingerprint density at radius 1 is 0.941 bits per heavy atom. The van der Waals surface area contributed by atoms with Crippen LogP contribution in [0, 0.1) is 11.6 Å². The maximum Gasteiger partial charge on any atom is 0.159 e. The Morgan fingerprint density at radius 2 is 1.65 bits per heavy atom. The molecular formula is C14H11BrF2. The Morgan fingerprint density at radius 3 is 2.29 bits per heavy atom. The van der Waals surface area contributed by atoms with E-state index >= 15 is 0 Å². The smallest absolute Gasteiger partial charge is 0.159 e. The van der Waals surface area contributed by atoms with E-state index in [1.807, 2.05) is 30.3 Å². The van der Waals surface area contributed by atoms with Crippen LogP contribution in [0.5, 0.6) is 0 Å². The van der Waals surface area contributed by atoms with Crippen molar-refractivity contribution in [3.05, 3.63) is 71.3 Å². The van der Waals surface area contributed by atoms with Crippen LogP contribution in [0.15, 0.2) is 48.5 Å². The maximum atomic E-state index is 13.0. The summed E-state index contributed by atoms with van der Waals surface area (Å²) in [6, 6.07) is 13.9. The standard InChI is InChI=1S/C14H11BrF2/c15-12(11-4-2-1-3-5-11)8-10-6-7-13(16)14(17)9-10/h1-7,9,12H,8H2. The molecule has 0 amide bonds. The van der Waals surface area contributed by atoms with Gasteiger partial charge in [0.2, 0.25) is 0 Å². The largest absolute Gasteiger partial charge is 0.204 e. The van der Waals surface area contributed by atoms with Gasteiger partial charge in [0.25, 0.3) is 0 Å². The summed E-state index contributed by atoms with van der Waals surface area (Å²) in [5.74, 6) is -1.60. The molecule has 2 aromatic carbocycles. The van der Waals surface area contributed by atoms with Crippen LogP contribution < -0.4 is 0 Å². The Labute approximate surface area is 107 Å². The van der Waals surface area contributed by atoms with Gasteiger partial charge in [-0.25, -0.2) is 8.78 Å². The fraction of sp³-hybridized carbons (Fsp3) is 0.143. The quantitative estimate of drug-likeness (QED) is 0.724. The maximum absolute atomic E-state index is 13.0. The van der Waals surface area contributed by atoms with Gasteiger partial charge in [0, 0.05) is 4.83 Å². The topological polar surface area (TPSA) is 0 Å². The molecule has 88 valence electrons. The van der Waals surface area contributed by atoms with E-state index < -0.39 is 11.6 Å². The molecular weight excluding hydrogens is 286 g/mol. The molecule has 0 saturated carbocycles. The van der Waals surface area contributed by atoms with Gasteiger partial charge in [-0.15, -0.1) is 0 Å². The van der Waals surface area contributed by atoms with Gasteiger partial charge in [0.1, 0.15) is 0 Å². The summed E-state index contributed by atoms with van der Waals surface area (Å²) in [7, 11) is 0. The number of hydrogen-bond donors (Lipinski definition) is 0. The Hall–Kier alpha value is -1.22. The molecule has 0 aromatic heterocycles. The lowest BCUT2D eigenvalue weighted by atomic mass is 10.0. The molecule has 0 aliphatic heterocycles. The van der Waals surface area contributed by atoms with Gasteiger partial charge in [-0.2, -0.15) is 0 Å². The Bertz CT molecular complexity index is 497. The summed E-state index contributed by atoms with van der Waals surface area (Å²) < 4.78 is 25.8. The van der Waals surface area contributed by atoms with E-state index in [2.05, 4.69) is 15.9 Å². The summed E-state index contributed by atoms with van der Waals surface area (Å²) in [6.07, 6.45) is 0.626. The monoisotopic (exact) mass is 296 g/mol. The molecule has 3 heteroatoms. The van der Waals surface area contributed by atoms with Crippen LogP contribution in [-0.4, -0.2) is 0 Å². The first-order valence-electron chi connectivity index (χ1n) is 5.30. The van der Waals surface area contributed by atoms with Crippen LogP contribution >= 0.6 is 15.9 Å². The second-order valence-corrected chi connectivity index (χ2v) is 4.94. The van der Waals surface area contributed by atoms with Gasteiger partial charge in [-0.05, 0) is 29.7 Å². The molecule has 1 atom stereocenters. The minimum Gasteiger partial charge on any atom is -0.204 e. The minimum absolute atomic E-state index is 0.105. The van der Waals surface area contributed by atoms with Crippen LogP contribution in [0.2, 0.25) is 0 Å². The molecule has 17 heavy (non-hydrogen) atoms. The van der Waals surface area contributed by atoms with E-state index in [1.54, 1.807) is 6.07 Å². The van der Waals surface area contributed by atoms with Gasteiger partial charge in [0.05, 0.1) is 0 Å². The van der Waals surface area contributed by atoms with Crippen LogP contribution in [0.4, 0.5) is 8.78 Å². The second kappa shape index (κ2) is 5.41. The first-order valence-corrected chi connectivity index (χ1v) is 6.21. The predicted octanol–water partition coefficient (Wildman–Crippen LogP) is 4.64. The van der Waals surface area contributed by atoms with E-state index in [0.29, 0.717) is 6.42 Å². The highest BCUT2D eigenvalue weighted by Gasteiger charge is 2.09. The van der Waals surface area contributed by atoms with Crippen LogP contribution in [0.3, 0.4) is 0 Å². The lowest BCUT2D eigenvalue weighted by Gasteiger charge is -2.10. The van der Waals surface area contributed by atoms with Crippen molar-refractivity contribution in [3.63, 3.8) is 0 Å². The van der Waals surface area contributed by atoms with Crippen molar-refractivity contribution in [2.75, 3.05) is 0 Å². The highest BCUT2D eigenvalue weighted by atomic mass is 79.9. The van der Waals surface area contributed by atoms with E-state index in [1.165, 1.54) is 6.07 Å². The molecule has 0 fully saturated rings. The Balaban J connectivity index is 2.13. The lowest BCUT2D eigenvalue weighted by molar-refractivity contribution is 0.507. The van der Waals surface area contributed by atoms with Crippen LogP contribution in [0.1, 0.15) is 16.0 Å². The van der Waals surface area contributed by atoms with Crippen molar-refractivity contribution >= 4 is 15.9 Å². The minimum atomic E-state index is -0.806. The zero-order valence-electron chi connectivity index (χ0n) is 9.04. The molecule has 0 bridgehead atoms. The van der Waals surface area contributed by atoms with E-state index in [0.717, 1.165) is 17.2 Å². The molecule has 2 aromatic rings. The zero-order valence-corrected chi connectivity index (χ0v) is 10.6. The van der Waals surface area contributed by atoms with E-state index in [4.69, 9.17) is 0 Å². The molecule has 1 unspecified atom stereocenters. The van der Waals surface area contributed by atoms with E-state index in [-0.39, 0.29) is 4.83 Å². The summed E-state index contributed by atoms with van der Waals surface area (Å²) >= 11 is 3.55. The highest BCUT2D eigenvalue weighted by molar-refractivity contribution is 9.09. The molecule has 0 saturated heterocycles. The van der Waals surface area contributed by atoms with Crippen molar-refractivity contribution in [1.29, 1.82) is 0 Å². The third-order valence-corrected chi connectivity index (χ3v) is 3.41. The summed E-state index contributed by atoms with van der Waals surface area (Å²) in [5.41, 5.74) is 1.90. The van der Waals surface area contributed by atoms with Gasteiger partial charge in [-0.1, -0.05) is 52.3 Å². The average molecular weight is 297 g/mol. The van der Waals surface area contributed by atoms with Crippen molar-refractivity contribution in [1.82, 2.24) is 0 Å². The average Bonchev–Trinajstić information content (AvgIpc) is 2.35. The molecule has 0 spiro atoms.